The van der Waals surface area contributed by atoms with Crippen LogP contribution in [0, 0.1) is 0 Å². The van der Waals surface area contributed by atoms with E-state index in [1.54, 1.807) is 0 Å². The van der Waals surface area contributed by atoms with Gasteiger partial charge in [0.1, 0.15) is 0 Å². The van der Waals surface area contributed by atoms with Crippen LogP contribution in [0.15, 0.2) is 46.2 Å². The van der Waals surface area contributed by atoms with Crippen LogP contribution in [-0.4, -0.2) is 33.2 Å². The molecule has 0 N–H and O–H groups in total. The molecule has 0 unspecified atom stereocenters. The fourth-order valence-electron chi connectivity index (χ4n) is 3.54. The first kappa shape index (κ1) is 18.0. The van der Waals surface area contributed by atoms with E-state index < -0.39 is 0 Å². The second kappa shape index (κ2) is 7.61. The maximum Gasteiger partial charge on any atom is 0.0551 e. The monoisotopic (exact) mass is 355 g/mol. The van der Waals surface area contributed by atoms with Crippen LogP contribution in [0.25, 0.3) is 0 Å². The average Bonchev–Trinajstić information content (AvgIpc) is 2.63. The Balaban J connectivity index is 1.98. The number of fused-ring (bicyclic) bond motifs is 2. The van der Waals surface area contributed by atoms with Crippen molar-refractivity contribution in [1.29, 1.82) is 0 Å². The van der Waals surface area contributed by atoms with Crippen LogP contribution in [0.3, 0.4) is 0 Å². The lowest BCUT2D eigenvalue weighted by Crippen LogP contribution is -2.23. The molecule has 134 valence electrons. The van der Waals surface area contributed by atoms with Crippen molar-refractivity contribution in [3.8, 4) is 0 Å². The number of benzene rings is 2. The van der Waals surface area contributed by atoms with Gasteiger partial charge in [-0.25, -0.2) is 0 Å². The Bertz CT molecular complexity index is 674. The molecule has 1 aliphatic heterocycles. The Morgan fingerprint density at radius 3 is 1.48 bits per heavy atom. The molecule has 25 heavy (non-hydrogen) atoms. The summed E-state index contributed by atoms with van der Waals surface area (Å²) in [7, 11) is 2.17. The molecule has 2 aromatic rings. The van der Waals surface area contributed by atoms with Gasteiger partial charge < -0.3 is 14.7 Å². The highest BCUT2D eigenvalue weighted by atomic mass is 32.2. The zero-order chi connectivity index (χ0) is 18.0. The lowest BCUT2D eigenvalue weighted by atomic mass is 10.2. The van der Waals surface area contributed by atoms with Gasteiger partial charge in [0, 0.05) is 54.4 Å². The summed E-state index contributed by atoms with van der Waals surface area (Å²) in [6, 6.07) is 13.7. The van der Waals surface area contributed by atoms with Gasteiger partial charge in [0.05, 0.1) is 11.4 Å². The Morgan fingerprint density at radius 1 is 0.720 bits per heavy atom. The maximum atomic E-state index is 2.41. The first-order valence-corrected chi connectivity index (χ1v) is 10.1. The van der Waals surface area contributed by atoms with Crippen molar-refractivity contribution in [3.05, 3.63) is 36.4 Å². The zero-order valence-corrected chi connectivity index (χ0v) is 16.9. The van der Waals surface area contributed by atoms with E-state index in [1.807, 2.05) is 11.8 Å². The van der Waals surface area contributed by atoms with Crippen molar-refractivity contribution >= 4 is 34.5 Å². The Labute approximate surface area is 156 Å². The molecule has 0 spiro atoms. The van der Waals surface area contributed by atoms with E-state index in [2.05, 4.69) is 85.8 Å². The lowest BCUT2D eigenvalue weighted by molar-refractivity contribution is 0.862. The first-order valence-electron chi connectivity index (χ1n) is 9.32. The standard InChI is InChI=1S/C21H29N3S/c1-6-23(7-2)16-10-12-18-20(14-16)25-21-15-17(24(8-3)9-4)11-13-19(21)22(18)5/h10-15H,6-9H2,1-5H3. The smallest absolute Gasteiger partial charge is 0.0551 e. The molecule has 3 nitrogen and oxygen atoms in total. The van der Waals surface area contributed by atoms with Crippen molar-refractivity contribution in [2.75, 3.05) is 47.9 Å². The molecule has 4 heteroatoms. The fourth-order valence-corrected chi connectivity index (χ4v) is 4.76. The third-order valence-corrected chi connectivity index (χ3v) is 6.18. The third-order valence-electron chi connectivity index (χ3n) is 5.09. The highest BCUT2D eigenvalue weighted by molar-refractivity contribution is 7.99. The van der Waals surface area contributed by atoms with Gasteiger partial charge in [-0.15, -0.1) is 0 Å². The third kappa shape index (κ3) is 3.32. The van der Waals surface area contributed by atoms with Gasteiger partial charge in [-0.1, -0.05) is 11.8 Å². The maximum absolute atomic E-state index is 2.41. The van der Waals surface area contributed by atoms with Gasteiger partial charge in [-0.2, -0.15) is 0 Å². The van der Waals surface area contributed by atoms with Crippen LogP contribution in [-0.2, 0) is 0 Å². The summed E-state index contributed by atoms with van der Waals surface area (Å²) < 4.78 is 0. The normalized spacial score (nSPS) is 12.6. The Kier molecular flexibility index (Phi) is 5.48. The topological polar surface area (TPSA) is 9.72 Å². The molecular weight excluding hydrogens is 326 g/mol. The van der Waals surface area contributed by atoms with Crippen LogP contribution in [0.5, 0.6) is 0 Å². The van der Waals surface area contributed by atoms with Crippen molar-refractivity contribution in [3.63, 3.8) is 0 Å². The molecule has 0 atom stereocenters. The van der Waals surface area contributed by atoms with Crippen LogP contribution in [0.1, 0.15) is 27.7 Å². The van der Waals surface area contributed by atoms with Gasteiger partial charge in [0.25, 0.3) is 0 Å². The molecular formula is C21H29N3S. The van der Waals surface area contributed by atoms with Crippen molar-refractivity contribution in [1.82, 2.24) is 0 Å². The van der Waals surface area contributed by atoms with E-state index in [9.17, 15) is 0 Å². The molecule has 0 aliphatic carbocycles. The van der Waals surface area contributed by atoms with E-state index in [0.29, 0.717) is 0 Å². The average molecular weight is 356 g/mol. The predicted molar refractivity (Wildman–Crippen MR) is 112 cm³/mol. The van der Waals surface area contributed by atoms with Gasteiger partial charge >= 0.3 is 0 Å². The summed E-state index contributed by atoms with van der Waals surface area (Å²) in [6.07, 6.45) is 0. The van der Waals surface area contributed by atoms with Crippen molar-refractivity contribution < 1.29 is 0 Å². The van der Waals surface area contributed by atoms with Crippen LogP contribution in [0.4, 0.5) is 22.7 Å². The highest BCUT2D eigenvalue weighted by Crippen LogP contribution is 2.49. The quantitative estimate of drug-likeness (QED) is 0.666. The van der Waals surface area contributed by atoms with Gasteiger partial charge in [0.2, 0.25) is 0 Å². The minimum atomic E-state index is 1.04. The number of hydrogen-bond donors (Lipinski definition) is 0. The largest absolute Gasteiger partial charge is 0.372 e. The summed E-state index contributed by atoms with van der Waals surface area (Å²) in [4.78, 5) is 9.82. The Morgan fingerprint density at radius 2 is 1.12 bits per heavy atom. The van der Waals surface area contributed by atoms with E-state index in [1.165, 1.54) is 32.5 Å². The Hall–Kier alpha value is -1.81. The van der Waals surface area contributed by atoms with Crippen LogP contribution >= 0.6 is 11.8 Å². The second-order valence-electron chi connectivity index (χ2n) is 6.31. The first-order chi connectivity index (χ1) is 12.1. The SMILES string of the molecule is CCN(CC)c1ccc2c(c1)Sc1cc(N(CC)CC)ccc1N2C. The van der Waals surface area contributed by atoms with Gasteiger partial charge in [-0.3, -0.25) is 0 Å². The van der Waals surface area contributed by atoms with Crippen molar-refractivity contribution in [2.24, 2.45) is 0 Å². The number of rotatable bonds is 6. The minimum absolute atomic E-state index is 1.04. The highest BCUT2D eigenvalue weighted by Gasteiger charge is 2.22. The number of hydrogen-bond acceptors (Lipinski definition) is 4. The van der Waals surface area contributed by atoms with E-state index in [-0.39, 0.29) is 0 Å². The zero-order valence-electron chi connectivity index (χ0n) is 16.0. The molecule has 0 saturated carbocycles. The summed E-state index contributed by atoms with van der Waals surface area (Å²) in [5.41, 5.74) is 5.22. The molecule has 0 radical (unpaired) electrons. The summed E-state index contributed by atoms with van der Waals surface area (Å²) in [5, 5.41) is 0. The molecule has 2 aromatic carbocycles. The molecule has 0 aromatic heterocycles. The van der Waals surface area contributed by atoms with E-state index >= 15 is 0 Å². The van der Waals surface area contributed by atoms with Crippen LogP contribution < -0.4 is 14.7 Å². The molecule has 0 fully saturated rings. The molecule has 1 aliphatic rings. The second-order valence-corrected chi connectivity index (χ2v) is 7.39. The molecule has 0 saturated heterocycles. The summed E-state index contributed by atoms with van der Waals surface area (Å²) >= 11 is 1.90. The number of nitrogens with zero attached hydrogens (tertiary/aromatic N) is 3. The minimum Gasteiger partial charge on any atom is -0.372 e. The lowest BCUT2D eigenvalue weighted by Gasteiger charge is -2.32. The van der Waals surface area contributed by atoms with Crippen LogP contribution in [0.2, 0.25) is 0 Å². The molecule has 0 amide bonds. The summed E-state index contributed by atoms with van der Waals surface area (Å²) in [5.74, 6) is 0. The van der Waals surface area contributed by atoms with E-state index in [4.69, 9.17) is 0 Å². The van der Waals surface area contributed by atoms with Crippen molar-refractivity contribution in [2.45, 2.75) is 37.5 Å². The molecule has 3 rings (SSSR count). The molecule has 1 heterocycles. The molecule has 0 bridgehead atoms. The predicted octanol–water partition coefficient (Wildman–Crippen LogP) is 5.61. The summed E-state index contributed by atoms with van der Waals surface area (Å²) in [6.45, 7) is 13.0. The fraction of sp³-hybridized carbons (Fsp3) is 0.429. The van der Waals surface area contributed by atoms with Gasteiger partial charge in [-0.05, 0) is 64.1 Å². The number of anilines is 4. The van der Waals surface area contributed by atoms with Gasteiger partial charge in [0.15, 0.2) is 0 Å². The van der Waals surface area contributed by atoms with E-state index in [0.717, 1.165) is 26.2 Å².